The topological polar surface area (TPSA) is 0 Å². The SMILES string of the molecule is CCCCc1cc2ccccc2c(CCCC)c1-c1ccc(-c2ccc(Cl)cc2)cc1. The van der Waals surface area contributed by atoms with Crippen molar-refractivity contribution in [2.45, 2.75) is 52.4 Å². The molecule has 0 aliphatic rings. The molecule has 0 N–H and O–H groups in total. The van der Waals surface area contributed by atoms with Crippen molar-refractivity contribution < 1.29 is 0 Å². The molecular formula is C30H31Cl. The molecule has 158 valence electrons. The van der Waals surface area contributed by atoms with Gasteiger partial charge in [0, 0.05) is 5.02 Å². The van der Waals surface area contributed by atoms with Crippen LogP contribution < -0.4 is 0 Å². The summed E-state index contributed by atoms with van der Waals surface area (Å²) in [6, 6.07) is 28.6. The average molecular weight is 427 g/mol. The number of unbranched alkanes of at least 4 members (excludes halogenated alkanes) is 2. The number of halogens is 1. The van der Waals surface area contributed by atoms with Crippen LogP contribution in [-0.2, 0) is 12.8 Å². The maximum absolute atomic E-state index is 6.07. The van der Waals surface area contributed by atoms with Gasteiger partial charge in [0.05, 0.1) is 0 Å². The summed E-state index contributed by atoms with van der Waals surface area (Å²) in [7, 11) is 0. The lowest BCUT2D eigenvalue weighted by Gasteiger charge is -2.19. The molecule has 0 spiro atoms. The fraction of sp³-hybridized carbons (Fsp3) is 0.267. The first-order valence-corrected chi connectivity index (χ1v) is 12.0. The van der Waals surface area contributed by atoms with Crippen LogP contribution in [0.15, 0.2) is 78.9 Å². The van der Waals surface area contributed by atoms with Crippen molar-refractivity contribution in [3.8, 4) is 22.3 Å². The van der Waals surface area contributed by atoms with Crippen LogP contribution >= 0.6 is 11.6 Å². The van der Waals surface area contributed by atoms with Gasteiger partial charge < -0.3 is 0 Å². The van der Waals surface area contributed by atoms with Gasteiger partial charge in [-0.2, -0.15) is 0 Å². The summed E-state index contributed by atoms with van der Waals surface area (Å²) in [5, 5.41) is 3.56. The summed E-state index contributed by atoms with van der Waals surface area (Å²) in [5.74, 6) is 0. The van der Waals surface area contributed by atoms with Gasteiger partial charge in [0.15, 0.2) is 0 Å². The van der Waals surface area contributed by atoms with Crippen molar-refractivity contribution in [2.24, 2.45) is 0 Å². The van der Waals surface area contributed by atoms with E-state index < -0.39 is 0 Å². The molecule has 0 fully saturated rings. The van der Waals surface area contributed by atoms with E-state index in [-0.39, 0.29) is 0 Å². The van der Waals surface area contributed by atoms with Crippen molar-refractivity contribution in [3.63, 3.8) is 0 Å². The molecule has 0 bridgehead atoms. The van der Waals surface area contributed by atoms with Gasteiger partial charge in [-0.3, -0.25) is 0 Å². The predicted molar refractivity (Wildman–Crippen MR) is 137 cm³/mol. The zero-order chi connectivity index (χ0) is 21.6. The second kappa shape index (κ2) is 10.2. The summed E-state index contributed by atoms with van der Waals surface area (Å²) in [6.45, 7) is 4.56. The van der Waals surface area contributed by atoms with E-state index in [0.29, 0.717) is 0 Å². The average Bonchev–Trinajstić information content (AvgIpc) is 2.81. The minimum Gasteiger partial charge on any atom is -0.0843 e. The summed E-state index contributed by atoms with van der Waals surface area (Å²) >= 11 is 6.07. The lowest BCUT2D eigenvalue weighted by atomic mass is 9.85. The third kappa shape index (κ3) is 4.86. The van der Waals surface area contributed by atoms with Crippen molar-refractivity contribution in [3.05, 3.63) is 95.0 Å². The number of fused-ring (bicyclic) bond motifs is 1. The molecule has 0 heterocycles. The highest BCUT2D eigenvalue weighted by Gasteiger charge is 2.15. The van der Waals surface area contributed by atoms with E-state index in [1.165, 1.54) is 69.8 Å². The molecule has 0 aliphatic heterocycles. The van der Waals surface area contributed by atoms with Crippen molar-refractivity contribution in [1.82, 2.24) is 0 Å². The van der Waals surface area contributed by atoms with Crippen molar-refractivity contribution >= 4 is 22.4 Å². The van der Waals surface area contributed by atoms with Gasteiger partial charge in [0.2, 0.25) is 0 Å². The lowest BCUT2D eigenvalue weighted by Crippen LogP contribution is -1.99. The maximum atomic E-state index is 6.07. The standard InChI is InChI=1S/C30H31Cl/c1-3-5-9-26-21-25-10-7-8-12-28(25)29(11-6-4-2)30(26)24-15-13-22(14-16-24)23-17-19-27(31)20-18-23/h7-8,10,12-21H,3-6,9,11H2,1-2H3. The normalized spacial score (nSPS) is 11.2. The van der Waals surface area contributed by atoms with Crippen LogP contribution in [-0.4, -0.2) is 0 Å². The summed E-state index contributed by atoms with van der Waals surface area (Å²) in [5.41, 5.74) is 8.23. The quantitative estimate of drug-likeness (QED) is 0.263. The molecule has 0 nitrogen and oxygen atoms in total. The highest BCUT2D eigenvalue weighted by Crippen LogP contribution is 2.37. The van der Waals surface area contributed by atoms with E-state index >= 15 is 0 Å². The number of aryl methyl sites for hydroxylation is 2. The van der Waals surface area contributed by atoms with Gasteiger partial charge in [0.25, 0.3) is 0 Å². The van der Waals surface area contributed by atoms with E-state index in [2.05, 4.69) is 80.6 Å². The monoisotopic (exact) mass is 426 g/mol. The first kappa shape index (κ1) is 21.7. The van der Waals surface area contributed by atoms with E-state index in [1.807, 2.05) is 12.1 Å². The van der Waals surface area contributed by atoms with Crippen LogP contribution in [0, 0.1) is 0 Å². The molecule has 0 saturated carbocycles. The number of hydrogen-bond donors (Lipinski definition) is 0. The van der Waals surface area contributed by atoms with Gasteiger partial charge in [-0.15, -0.1) is 0 Å². The summed E-state index contributed by atoms with van der Waals surface area (Å²) < 4.78 is 0. The molecule has 4 aromatic carbocycles. The Morgan fingerprint density at radius 2 is 1.23 bits per heavy atom. The second-order valence-corrected chi connectivity index (χ2v) is 8.84. The van der Waals surface area contributed by atoms with Crippen LogP contribution in [0.3, 0.4) is 0 Å². The Morgan fingerprint density at radius 1 is 0.645 bits per heavy atom. The molecule has 0 aromatic heterocycles. The molecule has 0 radical (unpaired) electrons. The van der Waals surface area contributed by atoms with E-state index in [9.17, 15) is 0 Å². The fourth-order valence-corrected chi connectivity index (χ4v) is 4.62. The van der Waals surface area contributed by atoms with Crippen LogP contribution in [0.25, 0.3) is 33.0 Å². The second-order valence-electron chi connectivity index (χ2n) is 8.40. The minimum atomic E-state index is 0.776. The molecule has 4 aromatic rings. The molecular weight excluding hydrogens is 396 g/mol. The number of rotatable bonds is 8. The Hall–Kier alpha value is -2.57. The van der Waals surface area contributed by atoms with Crippen LogP contribution in [0.1, 0.15) is 50.7 Å². The van der Waals surface area contributed by atoms with Crippen molar-refractivity contribution in [1.29, 1.82) is 0 Å². The molecule has 4 rings (SSSR count). The Labute approximate surface area is 191 Å². The molecule has 0 atom stereocenters. The van der Waals surface area contributed by atoms with Crippen LogP contribution in [0.5, 0.6) is 0 Å². The zero-order valence-corrected chi connectivity index (χ0v) is 19.4. The third-order valence-corrected chi connectivity index (χ3v) is 6.42. The Bertz CT molecular complexity index is 1140. The maximum Gasteiger partial charge on any atom is 0.0406 e. The van der Waals surface area contributed by atoms with Gasteiger partial charge in [-0.25, -0.2) is 0 Å². The number of hydrogen-bond acceptors (Lipinski definition) is 0. The first-order chi connectivity index (χ1) is 15.2. The third-order valence-electron chi connectivity index (χ3n) is 6.17. The minimum absolute atomic E-state index is 0.776. The van der Waals surface area contributed by atoms with Gasteiger partial charge >= 0.3 is 0 Å². The Balaban J connectivity index is 1.84. The van der Waals surface area contributed by atoms with Gasteiger partial charge in [0.1, 0.15) is 0 Å². The zero-order valence-electron chi connectivity index (χ0n) is 18.6. The highest BCUT2D eigenvalue weighted by molar-refractivity contribution is 6.30. The summed E-state index contributed by atoms with van der Waals surface area (Å²) in [6.07, 6.45) is 7.13. The van der Waals surface area contributed by atoms with E-state index in [0.717, 1.165) is 17.9 Å². The molecule has 0 aliphatic carbocycles. The van der Waals surface area contributed by atoms with Crippen LogP contribution in [0.4, 0.5) is 0 Å². The molecule has 1 heteroatoms. The first-order valence-electron chi connectivity index (χ1n) is 11.6. The number of benzene rings is 4. The Morgan fingerprint density at radius 3 is 1.90 bits per heavy atom. The molecule has 0 saturated heterocycles. The summed E-state index contributed by atoms with van der Waals surface area (Å²) in [4.78, 5) is 0. The van der Waals surface area contributed by atoms with E-state index in [1.54, 1.807) is 0 Å². The van der Waals surface area contributed by atoms with E-state index in [4.69, 9.17) is 11.6 Å². The largest absolute Gasteiger partial charge is 0.0843 e. The molecule has 31 heavy (non-hydrogen) atoms. The lowest BCUT2D eigenvalue weighted by molar-refractivity contribution is 0.786. The van der Waals surface area contributed by atoms with Crippen molar-refractivity contribution in [2.75, 3.05) is 0 Å². The Kier molecular flexibility index (Phi) is 7.10. The van der Waals surface area contributed by atoms with Gasteiger partial charge in [-0.1, -0.05) is 105 Å². The molecule has 0 unspecified atom stereocenters. The molecule has 0 amide bonds. The fourth-order valence-electron chi connectivity index (χ4n) is 4.49. The predicted octanol–water partition coefficient (Wildman–Crippen LogP) is 9.51. The van der Waals surface area contributed by atoms with Crippen LogP contribution in [0.2, 0.25) is 5.02 Å². The smallest absolute Gasteiger partial charge is 0.0406 e. The van der Waals surface area contributed by atoms with Gasteiger partial charge in [-0.05, 0) is 82.0 Å². The highest BCUT2D eigenvalue weighted by atomic mass is 35.5.